The van der Waals surface area contributed by atoms with Gasteiger partial charge in [0.1, 0.15) is 0 Å². The third-order valence-electron chi connectivity index (χ3n) is 2.42. The molecule has 0 bridgehead atoms. The van der Waals surface area contributed by atoms with Crippen LogP contribution in [0.3, 0.4) is 0 Å². The van der Waals surface area contributed by atoms with Crippen LogP contribution in [-0.4, -0.2) is 47.7 Å². The average Bonchev–Trinajstić information content (AvgIpc) is 2.63. The molecule has 4 nitrogen and oxygen atoms in total. The Morgan fingerprint density at radius 1 is 1.47 bits per heavy atom. The Hall–Kier alpha value is -1.13. The maximum atomic E-state index is 11.9. The molecule has 84 valence electrons. The third kappa shape index (κ3) is 3.18. The molecule has 0 radical (unpaired) electrons. The van der Waals surface area contributed by atoms with Crippen LogP contribution in [0.15, 0.2) is 25.3 Å². The monoisotopic (exact) mass is 210 g/mol. The Labute approximate surface area is 90.3 Å². The highest BCUT2D eigenvalue weighted by Crippen LogP contribution is 2.09. The average molecular weight is 210 g/mol. The zero-order valence-corrected chi connectivity index (χ0v) is 8.85. The van der Waals surface area contributed by atoms with Crippen molar-refractivity contribution in [2.45, 2.75) is 18.6 Å². The number of nitrogens with zero attached hydrogens (tertiary/aromatic N) is 1. The van der Waals surface area contributed by atoms with Crippen LogP contribution in [0.2, 0.25) is 0 Å². The second kappa shape index (κ2) is 5.68. The van der Waals surface area contributed by atoms with E-state index in [1.807, 2.05) is 0 Å². The molecule has 4 heteroatoms. The second-order valence-electron chi connectivity index (χ2n) is 3.67. The van der Waals surface area contributed by atoms with Crippen LogP contribution in [-0.2, 0) is 4.79 Å². The summed E-state index contributed by atoms with van der Waals surface area (Å²) in [5.41, 5.74) is 0. The van der Waals surface area contributed by atoms with Crippen molar-refractivity contribution < 1.29 is 9.90 Å². The lowest BCUT2D eigenvalue weighted by Crippen LogP contribution is -2.43. The third-order valence-corrected chi connectivity index (χ3v) is 2.42. The van der Waals surface area contributed by atoms with Crippen molar-refractivity contribution >= 4 is 5.91 Å². The predicted octanol–water partition coefficient (Wildman–Crippen LogP) is -0.0902. The molecule has 2 atom stereocenters. The van der Waals surface area contributed by atoms with E-state index in [2.05, 4.69) is 18.5 Å². The van der Waals surface area contributed by atoms with E-state index in [1.54, 1.807) is 17.1 Å². The van der Waals surface area contributed by atoms with Crippen LogP contribution in [0.25, 0.3) is 0 Å². The summed E-state index contributed by atoms with van der Waals surface area (Å²) in [5.74, 6) is 0.00588. The van der Waals surface area contributed by atoms with E-state index >= 15 is 0 Å². The first kappa shape index (κ1) is 11.9. The summed E-state index contributed by atoms with van der Waals surface area (Å²) in [6.07, 6.45) is 3.46. The number of rotatable bonds is 5. The molecule has 0 spiro atoms. The Balaban J connectivity index is 2.54. The molecule has 1 aliphatic heterocycles. The van der Waals surface area contributed by atoms with Crippen LogP contribution in [0.1, 0.15) is 6.42 Å². The smallest absolute Gasteiger partial charge is 0.240 e. The van der Waals surface area contributed by atoms with Crippen LogP contribution in [0, 0.1) is 0 Å². The van der Waals surface area contributed by atoms with Gasteiger partial charge in [-0.05, 0) is 6.42 Å². The van der Waals surface area contributed by atoms with Crippen molar-refractivity contribution in [1.29, 1.82) is 0 Å². The molecule has 0 aliphatic carbocycles. The van der Waals surface area contributed by atoms with Crippen molar-refractivity contribution in [3.05, 3.63) is 25.3 Å². The Kier molecular flexibility index (Phi) is 4.52. The van der Waals surface area contributed by atoms with E-state index in [0.717, 1.165) is 0 Å². The van der Waals surface area contributed by atoms with E-state index in [-0.39, 0.29) is 11.9 Å². The molecule has 1 heterocycles. The maximum Gasteiger partial charge on any atom is 0.240 e. The van der Waals surface area contributed by atoms with Crippen molar-refractivity contribution in [3.8, 4) is 0 Å². The number of aliphatic hydroxyl groups excluding tert-OH is 1. The highest BCUT2D eigenvalue weighted by molar-refractivity contribution is 5.82. The fourth-order valence-corrected chi connectivity index (χ4v) is 1.69. The highest BCUT2D eigenvalue weighted by atomic mass is 16.3. The SMILES string of the molecule is C=CCN(CC=C)C(=O)C1CC(O)CN1. The maximum absolute atomic E-state index is 11.9. The van der Waals surface area contributed by atoms with E-state index < -0.39 is 6.10 Å². The molecular weight excluding hydrogens is 192 g/mol. The molecule has 0 saturated carbocycles. The summed E-state index contributed by atoms with van der Waals surface area (Å²) < 4.78 is 0. The van der Waals surface area contributed by atoms with Gasteiger partial charge in [0.05, 0.1) is 12.1 Å². The number of aliphatic hydroxyl groups is 1. The first-order valence-corrected chi connectivity index (χ1v) is 5.11. The standard InChI is InChI=1S/C11H18N2O2/c1-3-5-13(6-4-2)11(15)10-7-9(14)8-12-10/h3-4,9-10,12,14H,1-2,5-8H2. The van der Waals surface area contributed by atoms with Gasteiger partial charge in [-0.3, -0.25) is 4.79 Å². The number of amides is 1. The first-order chi connectivity index (χ1) is 7.19. The lowest BCUT2D eigenvalue weighted by atomic mass is 10.2. The topological polar surface area (TPSA) is 52.6 Å². The predicted molar refractivity (Wildman–Crippen MR) is 59.4 cm³/mol. The van der Waals surface area contributed by atoms with Gasteiger partial charge < -0.3 is 15.3 Å². The zero-order valence-electron chi connectivity index (χ0n) is 8.85. The number of hydrogen-bond donors (Lipinski definition) is 2. The van der Waals surface area contributed by atoms with Gasteiger partial charge in [0, 0.05) is 19.6 Å². The Bertz CT molecular complexity index is 243. The highest BCUT2D eigenvalue weighted by Gasteiger charge is 2.30. The molecule has 0 aromatic carbocycles. The minimum absolute atomic E-state index is 0.00588. The molecule has 1 amide bonds. The van der Waals surface area contributed by atoms with Crippen molar-refractivity contribution in [2.75, 3.05) is 19.6 Å². The first-order valence-electron chi connectivity index (χ1n) is 5.11. The van der Waals surface area contributed by atoms with Crippen molar-refractivity contribution in [3.63, 3.8) is 0 Å². The van der Waals surface area contributed by atoms with E-state index in [1.165, 1.54) is 0 Å². The van der Waals surface area contributed by atoms with Gasteiger partial charge in [-0.1, -0.05) is 12.2 Å². The molecular formula is C11H18N2O2. The molecule has 0 aromatic heterocycles. The molecule has 1 fully saturated rings. The number of β-amino-alcohol motifs (C(OH)–C–C–N with tert-alkyl or cyclic N) is 1. The summed E-state index contributed by atoms with van der Waals surface area (Å²) in [7, 11) is 0. The number of hydrogen-bond acceptors (Lipinski definition) is 3. The normalized spacial score (nSPS) is 24.9. The van der Waals surface area contributed by atoms with Gasteiger partial charge in [0.25, 0.3) is 0 Å². The number of carbonyl (C=O) groups is 1. The largest absolute Gasteiger partial charge is 0.392 e. The number of carbonyl (C=O) groups excluding carboxylic acids is 1. The van der Waals surface area contributed by atoms with Crippen LogP contribution in [0.4, 0.5) is 0 Å². The van der Waals surface area contributed by atoms with Gasteiger partial charge >= 0.3 is 0 Å². The zero-order chi connectivity index (χ0) is 11.3. The Morgan fingerprint density at radius 3 is 2.47 bits per heavy atom. The second-order valence-corrected chi connectivity index (χ2v) is 3.67. The van der Waals surface area contributed by atoms with Crippen molar-refractivity contribution in [1.82, 2.24) is 10.2 Å². The van der Waals surface area contributed by atoms with E-state index in [9.17, 15) is 9.90 Å². The number of nitrogens with one attached hydrogen (secondary N) is 1. The minimum Gasteiger partial charge on any atom is -0.392 e. The van der Waals surface area contributed by atoms with Gasteiger partial charge in [-0.15, -0.1) is 13.2 Å². The molecule has 0 aromatic rings. The lowest BCUT2D eigenvalue weighted by Gasteiger charge is -2.22. The van der Waals surface area contributed by atoms with Crippen LogP contribution in [0.5, 0.6) is 0 Å². The lowest BCUT2D eigenvalue weighted by molar-refractivity contribution is -0.132. The molecule has 1 rings (SSSR count). The van der Waals surface area contributed by atoms with Gasteiger partial charge in [-0.25, -0.2) is 0 Å². The molecule has 2 N–H and O–H groups in total. The van der Waals surface area contributed by atoms with Crippen molar-refractivity contribution in [2.24, 2.45) is 0 Å². The summed E-state index contributed by atoms with van der Waals surface area (Å²) in [6.45, 7) is 8.74. The van der Waals surface area contributed by atoms with Crippen LogP contribution < -0.4 is 5.32 Å². The quantitative estimate of drug-likeness (QED) is 0.624. The molecule has 15 heavy (non-hydrogen) atoms. The van der Waals surface area contributed by atoms with Gasteiger partial charge in [-0.2, -0.15) is 0 Å². The molecule has 1 aliphatic rings. The summed E-state index contributed by atoms with van der Waals surface area (Å²) >= 11 is 0. The Morgan fingerprint density at radius 2 is 2.07 bits per heavy atom. The van der Waals surface area contributed by atoms with E-state index in [0.29, 0.717) is 26.1 Å². The van der Waals surface area contributed by atoms with Gasteiger partial charge in [0.15, 0.2) is 0 Å². The fraction of sp³-hybridized carbons (Fsp3) is 0.545. The summed E-state index contributed by atoms with van der Waals surface area (Å²) in [6, 6.07) is -0.264. The molecule has 2 unspecified atom stereocenters. The van der Waals surface area contributed by atoms with E-state index in [4.69, 9.17) is 0 Å². The summed E-state index contributed by atoms with van der Waals surface area (Å²) in [4.78, 5) is 13.6. The van der Waals surface area contributed by atoms with Crippen LogP contribution >= 0.6 is 0 Å². The molecule has 1 saturated heterocycles. The minimum atomic E-state index is -0.409. The summed E-state index contributed by atoms with van der Waals surface area (Å²) in [5, 5.41) is 12.3. The van der Waals surface area contributed by atoms with Gasteiger partial charge in [0.2, 0.25) is 5.91 Å². The fourth-order valence-electron chi connectivity index (χ4n) is 1.69.